The summed E-state index contributed by atoms with van der Waals surface area (Å²) in [5.41, 5.74) is 4.26. The third kappa shape index (κ3) is 4.41. The maximum atomic E-state index is 12.6. The molecule has 2 aromatic carbocycles. The molecule has 1 aromatic heterocycles. The van der Waals surface area contributed by atoms with Gasteiger partial charge in [-0.1, -0.05) is 12.1 Å². The lowest BCUT2D eigenvalue weighted by molar-refractivity contribution is 0.0661. The van der Waals surface area contributed by atoms with Crippen molar-refractivity contribution in [1.82, 2.24) is 14.9 Å². The van der Waals surface area contributed by atoms with E-state index >= 15 is 0 Å². The average molecular weight is 464 g/mol. The number of phenols is 2. The summed E-state index contributed by atoms with van der Waals surface area (Å²) >= 11 is 0. The number of allylic oxidation sites excluding steroid dienone is 1. The fourth-order valence-electron chi connectivity index (χ4n) is 4.44. The van der Waals surface area contributed by atoms with E-state index in [1.54, 1.807) is 36.7 Å². The molecule has 0 amide bonds. The van der Waals surface area contributed by atoms with E-state index in [0.717, 1.165) is 41.9 Å². The van der Waals surface area contributed by atoms with Gasteiger partial charge in [-0.3, -0.25) is 9.29 Å². The number of nitrogens with zero attached hydrogens (tertiary/aromatic N) is 3. The zero-order chi connectivity index (χ0) is 23.7. The molecule has 2 aliphatic rings. The Labute approximate surface area is 197 Å². The van der Waals surface area contributed by atoms with E-state index in [0.29, 0.717) is 23.9 Å². The van der Waals surface area contributed by atoms with E-state index in [1.807, 2.05) is 25.1 Å². The number of phenolic OH excluding ortho intramolecular Hbond substituents is 2. The molecule has 176 valence electrons. The van der Waals surface area contributed by atoms with Crippen molar-refractivity contribution in [2.45, 2.75) is 13.0 Å². The van der Waals surface area contributed by atoms with Gasteiger partial charge in [0.2, 0.25) is 5.88 Å². The summed E-state index contributed by atoms with van der Waals surface area (Å²) < 4.78 is 24.6. The lowest BCUT2D eigenvalue weighted by Crippen LogP contribution is -2.49. The maximum absolute atomic E-state index is 12.6. The highest BCUT2D eigenvalue weighted by molar-refractivity contribution is 5.95. The number of alkyl halides is 1. The highest BCUT2D eigenvalue weighted by atomic mass is 19.1. The lowest BCUT2D eigenvalue weighted by Gasteiger charge is -2.37. The number of halogens is 1. The van der Waals surface area contributed by atoms with Crippen LogP contribution in [0.15, 0.2) is 54.9 Å². The van der Waals surface area contributed by atoms with Crippen LogP contribution in [0.1, 0.15) is 29.8 Å². The van der Waals surface area contributed by atoms with Gasteiger partial charge in [-0.15, -0.1) is 0 Å². The summed E-state index contributed by atoms with van der Waals surface area (Å²) in [7, 11) is 0. The predicted octanol–water partition coefficient (Wildman–Crippen LogP) is 4.23. The predicted molar refractivity (Wildman–Crippen MR) is 126 cm³/mol. The van der Waals surface area contributed by atoms with Crippen LogP contribution in [0.5, 0.6) is 23.1 Å². The van der Waals surface area contributed by atoms with Crippen molar-refractivity contribution in [3.8, 4) is 23.1 Å². The Morgan fingerprint density at radius 3 is 2.53 bits per heavy atom. The van der Waals surface area contributed by atoms with E-state index in [1.165, 1.54) is 0 Å². The fourth-order valence-corrected chi connectivity index (χ4v) is 4.44. The molecule has 34 heavy (non-hydrogen) atoms. The number of hydrogen-bond acceptors (Lipinski definition) is 7. The Bertz CT molecular complexity index is 1190. The van der Waals surface area contributed by atoms with Gasteiger partial charge in [-0.2, -0.15) is 0 Å². The van der Waals surface area contributed by atoms with E-state index in [9.17, 15) is 14.6 Å². The van der Waals surface area contributed by atoms with Crippen LogP contribution < -0.4 is 9.47 Å². The molecule has 3 aromatic rings. The maximum Gasteiger partial charge on any atom is 0.232 e. The number of benzene rings is 2. The standard InChI is InChI=1S/C26H26FN3O4/c1-16-21-7-6-20(32)10-23(21)34-26(25(16)18-2-4-19(31)5-3-18)22-12-29-24(13-28-22)33-9-8-30-14-17(11-27)15-30/h2-7,10,12-13,17,26,31-32H,8-9,11,14-15H2,1H3. The van der Waals surface area contributed by atoms with Crippen molar-refractivity contribution in [2.75, 3.05) is 32.9 Å². The number of hydrogen-bond donors (Lipinski definition) is 2. The van der Waals surface area contributed by atoms with Gasteiger partial charge < -0.3 is 19.7 Å². The molecular weight excluding hydrogens is 437 g/mol. The number of fused-ring (bicyclic) bond motifs is 1. The quantitative estimate of drug-likeness (QED) is 0.542. The molecule has 2 aliphatic heterocycles. The second-order valence-corrected chi connectivity index (χ2v) is 8.67. The summed E-state index contributed by atoms with van der Waals surface area (Å²) in [6, 6.07) is 12.0. The van der Waals surface area contributed by atoms with Crippen LogP contribution in [-0.2, 0) is 0 Å². The zero-order valence-corrected chi connectivity index (χ0v) is 18.8. The van der Waals surface area contributed by atoms with Gasteiger partial charge in [0.25, 0.3) is 0 Å². The SMILES string of the molecule is CC1=C(c2ccc(O)cc2)C(c2cnc(OCCN3CC(CF)C3)cn2)Oc2cc(O)ccc21. The topological polar surface area (TPSA) is 87.9 Å². The third-order valence-electron chi connectivity index (χ3n) is 6.28. The van der Waals surface area contributed by atoms with Gasteiger partial charge in [0, 0.05) is 42.8 Å². The molecule has 1 unspecified atom stereocenters. The molecule has 1 saturated heterocycles. The minimum absolute atomic E-state index is 0.119. The first-order valence-electron chi connectivity index (χ1n) is 11.2. The van der Waals surface area contributed by atoms with Crippen molar-refractivity contribution in [1.29, 1.82) is 0 Å². The van der Waals surface area contributed by atoms with Crippen molar-refractivity contribution < 1.29 is 24.1 Å². The lowest BCUT2D eigenvalue weighted by atomic mass is 9.88. The molecule has 1 fully saturated rings. The highest BCUT2D eigenvalue weighted by Gasteiger charge is 2.31. The Hall–Kier alpha value is -3.65. The first-order valence-corrected chi connectivity index (χ1v) is 11.2. The van der Waals surface area contributed by atoms with Crippen LogP contribution in [0.3, 0.4) is 0 Å². The van der Waals surface area contributed by atoms with Crippen molar-refractivity contribution >= 4 is 11.1 Å². The Kier molecular flexibility index (Phi) is 6.06. The van der Waals surface area contributed by atoms with Crippen LogP contribution in [0, 0.1) is 5.92 Å². The van der Waals surface area contributed by atoms with Crippen LogP contribution in [0.25, 0.3) is 11.1 Å². The average Bonchev–Trinajstić information content (AvgIpc) is 2.81. The van der Waals surface area contributed by atoms with E-state index in [-0.39, 0.29) is 24.1 Å². The van der Waals surface area contributed by atoms with Crippen LogP contribution >= 0.6 is 0 Å². The summed E-state index contributed by atoms with van der Waals surface area (Å²) in [5.74, 6) is 1.43. The first-order chi connectivity index (χ1) is 16.5. The van der Waals surface area contributed by atoms with Crippen LogP contribution in [-0.4, -0.2) is 58.0 Å². The Morgan fingerprint density at radius 1 is 1.06 bits per heavy atom. The van der Waals surface area contributed by atoms with Gasteiger partial charge in [-0.05, 0) is 42.3 Å². The van der Waals surface area contributed by atoms with E-state index in [2.05, 4.69) is 14.9 Å². The number of ether oxygens (including phenoxy) is 2. The molecule has 7 nitrogen and oxygen atoms in total. The molecule has 8 heteroatoms. The number of aromatic hydroxyl groups is 2. The second kappa shape index (κ2) is 9.30. The largest absolute Gasteiger partial charge is 0.508 e. The molecule has 2 N–H and O–H groups in total. The molecule has 0 radical (unpaired) electrons. The second-order valence-electron chi connectivity index (χ2n) is 8.67. The van der Waals surface area contributed by atoms with Gasteiger partial charge in [0.15, 0.2) is 6.10 Å². The molecular formula is C26H26FN3O4. The molecule has 0 bridgehead atoms. The summed E-state index contributed by atoms with van der Waals surface area (Å²) in [5, 5.41) is 19.7. The fraction of sp³-hybridized carbons (Fsp3) is 0.308. The van der Waals surface area contributed by atoms with Gasteiger partial charge in [0.05, 0.1) is 19.1 Å². The smallest absolute Gasteiger partial charge is 0.232 e. The van der Waals surface area contributed by atoms with E-state index < -0.39 is 6.10 Å². The molecule has 0 saturated carbocycles. The molecule has 5 rings (SSSR count). The van der Waals surface area contributed by atoms with Gasteiger partial charge in [0.1, 0.15) is 29.5 Å². The molecule has 1 atom stereocenters. The van der Waals surface area contributed by atoms with Crippen molar-refractivity contribution in [3.05, 3.63) is 71.7 Å². The Morgan fingerprint density at radius 2 is 1.82 bits per heavy atom. The number of rotatable bonds is 7. The van der Waals surface area contributed by atoms with E-state index in [4.69, 9.17) is 9.47 Å². The zero-order valence-electron chi connectivity index (χ0n) is 18.8. The van der Waals surface area contributed by atoms with Crippen molar-refractivity contribution in [3.63, 3.8) is 0 Å². The third-order valence-corrected chi connectivity index (χ3v) is 6.28. The molecule has 0 spiro atoms. The Balaban J connectivity index is 1.37. The number of likely N-dealkylation sites (tertiary alicyclic amines) is 1. The number of aromatic nitrogens is 2. The summed E-state index contributed by atoms with van der Waals surface area (Å²) in [6.07, 6.45) is 2.64. The monoisotopic (exact) mass is 463 g/mol. The highest BCUT2D eigenvalue weighted by Crippen LogP contribution is 2.47. The van der Waals surface area contributed by atoms with Crippen molar-refractivity contribution in [2.24, 2.45) is 5.92 Å². The summed E-state index contributed by atoms with van der Waals surface area (Å²) in [4.78, 5) is 11.1. The van der Waals surface area contributed by atoms with Gasteiger partial charge >= 0.3 is 0 Å². The normalized spacial score (nSPS) is 18.2. The van der Waals surface area contributed by atoms with Crippen LogP contribution in [0.2, 0.25) is 0 Å². The minimum atomic E-state index is -0.556. The van der Waals surface area contributed by atoms with Crippen LogP contribution in [0.4, 0.5) is 4.39 Å². The van der Waals surface area contributed by atoms with Gasteiger partial charge in [-0.25, -0.2) is 9.97 Å². The first kappa shape index (κ1) is 22.2. The molecule has 3 heterocycles. The molecule has 0 aliphatic carbocycles. The summed E-state index contributed by atoms with van der Waals surface area (Å²) in [6.45, 7) is 4.45. The minimum Gasteiger partial charge on any atom is -0.508 e.